The smallest absolute Gasteiger partial charge is 0.408 e. The Morgan fingerprint density at radius 3 is 2.11 bits per heavy atom. The van der Waals surface area contributed by atoms with Crippen LogP contribution in [0.3, 0.4) is 0 Å². The number of alkyl carbamates (subject to hydrolysis) is 2. The number of rotatable bonds is 12. The average molecular weight is 905 g/mol. The maximum Gasteiger partial charge on any atom is 0.408 e. The maximum absolute atomic E-state index is 15.7. The number of benzene rings is 2. The Morgan fingerprint density at radius 1 is 0.938 bits per heavy atom. The molecule has 2 aromatic carbocycles. The van der Waals surface area contributed by atoms with Gasteiger partial charge in [-0.3, -0.25) is 9.59 Å². The van der Waals surface area contributed by atoms with Gasteiger partial charge in [0.25, 0.3) is 0 Å². The van der Waals surface area contributed by atoms with Gasteiger partial charge in [0.2, 0.25) is 6.10 Å². The number of nitrogens with one attached hydrogen (secondary N) is 2. The molecule has 354 valence electrons. The second kappa shape index (κ2) is 18.5. The Kier molecular flexibility index (Phi) is 14.0. The minimum absolute atomic E-state index is 0.130. The lowest BCUT2D eigenvalue weighted by atomic mass is 9.40. The number of Topliss-reactive ketones (excluding diaryl/α,β-unsaturated/α-hetero) is 1. The van der Waals surface area contributed by atoms with Crippen LogP contribution in [0.1, 0.15) is 110 Å². The highest BCUT2D eigenvalue weighted by molar-refractivity contribution is 5.93. The van der Waals surface area contributed by atoms with E-state index in [-0.39, 0.29) is 30.0 Å². The van der Waals surface area contributed by atoms with Crippen molar-refractivity contribution in [3.8, 4) is 0 Å². The summed E-state index contributed by atoms with van der Waals surface area (Å²) in [7, 11) is 1.47. The first-order chi connectivity index (χ1) is 30.5. The highest BCUT2D eigenvalue weighted by Crippen LogP contribution is 2.68. The van der Waals surface area contributed by atoms with Crippen LogP contribution in [0.2, 0.25) is 0 Å². The zero-order valence-corrected chi connectivity index (χ0v) is 38.9. The molecule has 2 bridgehead atoms. The molecule has 65 heavy (non-hydrogen) atoms. The predicted octanol–water partition coefficient (Wildman–Crippen LogP) is 5.93. The van der Waals surface area contributed by atoms with Crippen molar-refractivity contribution in [1.82, 2.24) is 10.6 Å². The van der Waals surface area contributed by atoms with E-state index < -0.39 is 119 Å². The molecule has 0 aromatic heterocycles. The van der Waals surface area contributed by atoms with E-state index in [0.29, 0.717) is 24.0 Å². The number of aliphatic hydroxyl groups excluding tert-OH is 1. The topological polar surface area (TPSA) is 222 Å². The summed E-state index contributed by atoms with van der Waals surface area (Å²) < 4.78 is 36.7. The molecule has 6 rings (SSSR count). The SMILES string of the molecule is CCNC(=O)O[C@@H](C(=O)O[C@H]1C[C@@]2(O)[C@@H](OC(=O)c3ccccc3)[C@@H]3[C@]4(OC(C)=O)CC[C@@H]4C[C@H](OC)[C@@]3(C)C(=O)[C@H](CO)C(=C1C)C2(C)C)[C@@H](NC(=O)OC(C)(C)C)c1ccccc1. The molecule has 3 fully saturated rings. The van der Waals surface area contributed by atoms with Gasteiger partial charge in [-0.2, -0.15) is 0 Å². The molecule has 2 aromatic rings. The third kappa shape index (κ3) is 8.88. The molecule has 4 aliphatic rings. The Hall–Kier alpha value is -5.32. The lowest BCUT2D eigenvalue weighted by Crippen LogP contribution is -2.78. The Morgan fingerprint density at radius 2 is 1.57 bits per heavy atom. The van der Waals surface area contributed by atoms with Crippen molar-refractivity contribution in [2.45, 2.75) is 135 Å². The highest BCUT2D eigenvalue weighted by Gasteiger charge is 2.77. The van der Waals surface area contributed by atoms with Crippen LogP contribution in [0.15, 0.2) is 71.8 Å². The molecule has 11 atom stereocenters. The molecule has 0 aliphatic heterocycles. The molecule has 4 N–H and O–H groups in total. The molecule has 0 saturated heterocycles. The van der Waals surface area contributed by atoms with Crippen molar-refractivity contribution in [1.29, 1.82) is 0 Å². The van der Waals surface area contributed by atoms with E-state index in [1.165, 1.54) is 14.0 Å². The molecule has 0 heterocycles. The van der Waals surface area contributed by atoms with Gasteiger partial charge in [-0.15, -0.1) is 0 Å². The largest absolute Gasteiger partial charge is 0.458 e. The van der Waals surface area contributed by atoms with Gasteiger partial charge in [-0.1, -0.05) is 62.4 Å². The molecule has 2 amide bonds. The van der Waals surface area contributed by atoms with E-state index in [9.17, 15) is 34.2 Å². The first-order valence-electron chi connectivity index (χ1n) is 22.3. The molecule has 4 aliphatic carbocycles. The molecule has 0 spiro atoms. The summed E-state index contributed by atoms with van der Waals surface area (Å²) in [5.41, 5.74) is -6.74. The molecule has 16 heteroatoms. The normalized spacial score (nSPS) is 31.2. The van der Waals surface area contributed by atoms with E-state index in [2.05, 4.69) is 10.6 Å². The summed E-state index contributed by atoms with van der Waals surface area (Å²) in [4.78, 5) is 84.8. The number of hydrogen-bond donors (Lipinski definition) is 4. The Bertz CT molecular complexity index is 2170. The second-order valence-corrected chi connectivity index (χ2v) is 19.5. The maximum atomic E-state index is 15.7. The van der Waals surface area contributed by atoms with Crippen LogP contribution in [0.5, 0.6) is 0 Å². The summed E-state index contributed by atoms with van der Waals surface area (Å²) in [5.74, 6) is -6.07. The van der Waals surface area contributed by atoms with Gasteiger partial charge in [-0.25, -0.2) is 19.2 Å². The van der Waals surface area contributed by atoms with Crippen LogP contribution in [0, 0.1) is 28.6 Å². The Labute approximate surface area is 380 Å². The van der Waals surface area contributed by atoms with E-state index in [1.807, 2.05) is 0 Å². The molecular formula is C49H64N2O14. The lowest BCUT2D eigenvalue weighted by Gasteiger charge is -2.68. The third-order valence-electron chi connectivity index (χ3n) is 14.3. The molecule has 0 unspecified atom stereocenters. The van der Waals surface area contributed by atoms with Crippen LogP contribution >= 0.6 is 0 Å². The van der Waals surface area contributed by atoms with Gasteiger partial charge in [0.05, 0.1) is 35.5 Å². The van der Waals surface area contributed by atoms with Crippen molar-refractivity contribution in [2.75, 3.05) is 20.3 Å². The predicted molar refractivity (Wildman–Crippen MR) is 234 cm³/mol. The fourth-order valence-corrected chi connectivity index (χ4v) is 11.2. The Balaban J connectivity index is 1.56. The number of ketones is 1. The van der Waals surface area contributed by atoms with E-state index in [4.69, 9.17) is 28.4 Å². The fourth-order valence-electron chi connectivity index (χ4n) is 11.2. The first kappa shape index (κ1) is 49.1. The highest BCUT2D eigenvalue weighted by atomic mass is 16.6. The van der Waals surface area contributed by atoms with Crippen molar-refractivity contribution in [2.24, 2.45) is 28.6 Å². The van der Waals surface area contributed by atoms with Crippen molar-refractivity contribution >= 4 is 35.9 Å². The summed E-state index contributed by atoms with van der Waals surface area (Å²) >= 11 is 0. The standard InChI is InChI=1S/C49H64N2O14/c1-11-50-43(57)62-37(36(29-18-14-12-15-19-29)51-44(58)65-45(4,5)6)42(56)61-33-25-49(59)40(63-41(55)30-20-16-13-17-21-30)38-47(9,39(54)32(26-52)35(27(33)2)46(49,7)8)34(60-10)24-31-22-23-48(31,38)64-28(3)53/h12-21,31-34,36-38,40,52,59H,11,22-26H2,1-10H3,(H,50,57)(H,51,58)/t31-,32-,33+,34+,36+,37-,38+,40+,47-,48+,49-/m1/s1. The minimum atomic E-state index is -2.25. The van der Waals surface area contributed by atoms with Crippen LogP contribution < -0.4 is 10.6 Å². The van der Waals surface area contributed by atoms with Crippen LogP contribution in [-0.2, 0) is 42.8 Å². The summed E-state index contributed by atoms with van der Waals surface area (Å²) in [6.07, 6.45) is -6.98. The number of amides is 2. The first-order valence-corrected chi connectivity index (χ1v) is 22.3. The summed E-state index contributed by atoms with van der Waals surface area (Å²) in [6, 6.07) is 15.0. The number of esters is 3. The van der Waals surface area contributed by atoms with Gasteiger partial charge >= 0.3 is 30.1 Å². The number of fused-ring (bicyclic) bond motifs is 5. The number of carbonyl (C=O) groups excluding carboxylic acids is 6. The summed E-state index contributed by atoms with van der Waals surface area (Å²) in [6.45, 7) is 13.9. The number of carbonyl (C=O) groups is 6. The lowest BCUT2D eigenvalue weighted by molar-refractivity contribution is -0.297. The molecule has 3 saturated carbocycles. The van der Waals surface area contributed by atoms with Gasteiger partial charge < -0.3 is 49.3 Å². The van der Waals surface area contributed by atoms with Crippen LogP contribution in [0.25, 0.3) is 0 Å². The fraction of sp³-hybridized carbons (Fsp3) is 0.592. The van der Waals surface area contributed by atoms with Gasteiger partial charge in [0.15, 0.2) is 5.78 Å². The number of ether oxygens (including phenoxy) is 6. The van der Waals surface area contributed by atoms with Crippen LogP contribution in [-0.4, -0.2) is 108 Å². The van der Waals surface area contributed by atoms with Crippen molar-refractivity contribution < 1.29 is 67.4 Å². The van der Waals surface area contributed by atoms with Gasteiger partial charge in [-0.05, 0) is 89.6 Å². The van der Waals surface area contributed by atoms with Gasteiger partial charge in [0, 0.05) is 38.3 Å². The van der Waals surface area contributed by atoms with Crippen LogP contribution in [0.4, 0.5) is 9.59 Å². The van der Waals surface area contributed by atoms with E-state index in [1.54, 1.807) is 116 Å². The molecule has 0 radical (unpaired) electrons. The average Bonchev–Trinajstić information content (AvgIpc) is 3.23. The van der Waals surface area contributed by atoms with Gasteiger partial charge in [0.1, 0.15) is 35.1 Å². The zero-order valence-electron chi connectivity index (χ0n) is 38.9. The number of hydrogen-bond acceptors (Lipinski definition) is 14. The zero-order chi connectivity index (χ0) is 47.9. The third-order valence-corrected chi connectivity index (χ3v) is 14.3. The van der Waals surface area contributed by atoms with E-state index in [0.717, 1.165) is 0 Å². The van der Waals surface area contributed by atoms with E-state index >= 15 is 4.79 Å². The van der Waals surface area contributed by atoms with Crippen molar-refractivity contribution in [3.05, 3.63) is 82.9 Å². The van der Waals surface area contributed by atoms with Crippen molar-refractivity contribution in [3.63, 3.8) is 0 Å². The minimum Gasteiger partial charge on any atom is -0.458 e. The number of methoxy groups -OCH3 is 1. The molecular weight excluding hydrogens is 841 g/mol. The summed E-state index contributed by atoms with van der Waals surface area (Å²) in [5, 5.41) is 30.5. The number of aliphatic hydroxyl groups is 2. The second-order valence-electron chi connectivity index (χ2n) is 19.5. The monoisotopic (exact) mass is 904 g/mol. The quantitative estimate of drug-likeness (QED) is 0.110. The molecule has 16 nitrogen and oxygen atoms in total.